The molecular formula is C25H43N3O13. The van der Waals surface area contributed by atoms with Gasteiger partial charge in [-0.25, -0.2) is 0 Å². The fourth-order valence-corrected chi connectivity index (χ4v) is 3.79. The van der Waals surface area contributed by atoms with E-state index < -0.39 is 91.2 Å². The van der Waals surface area contributed by atoms with Gasteiger partial charge >= 0.3 is 11.9 Å². The Balaban J connectivity index is 2.78. The summed E-state index contributed by atoms with van der Waals surface area (Å²) in [5, 5.41) is 46.0. The lowest BCUT2D eigenvalue weighted by Gasteiger charge is -2.42. The van der Waals surface area contributed by atoms with Crippen molar-refractivity contribution in [1.29, 1.82) is 0 Å². The van der Waals surface area contributed by atoms with Crippen LogP contribution in [0.25, 0.3) is 0 Å². The first kappa shape index (κ1) is 36.1. The lowest BCUT2D eigenvalue weighted by atomic mass is 9.95. The number of rotatable bonds is 17. The summed E-state index contributed by atoms with van der Waals surface area (Å²) >= 11 is 0. The van der Waals surface area contributed by atoms with Crippen molar-refractivity contribution in [3.63, 3.8) is 0 Å². The summed E-state index contributed by atoms with van der Waals surface area (Å²) in [7, 11) is 0. The van der Waals surface area contributed by atoms with Crippen LogP contribution in [-0.4, -0.2) is 126 Å². The SMILES string of the molecule is CC(=O)NC1C(NC(=O)C[C@H](CC(=O)OC(C)(C)C)C(=O)NCCOCCOCCC(=O)O)OC(CO)C(O)C1O. The van der Waals surface area contributed by atoms with E-state index in [1.54, 1.807) is 20.8 Å². The van der Waals surface area contributed by atoms with E-state index in [1.807, 2.05) is 0 Å². The number of aliphatic carboxylic acids is 1. The maximum atomic E-state index is 12.9. The number of amides is 3. The van der Waals surface area contributed by atoms with Crippen molar-refractivity contribution < 1.29 is 63.3 Å². The van der Waals surface area contributed by atoms with Gasteiger partial charge in [0.25, 0.3) is 0 Å². The van der Waals surface area contributed by atoms with Crippen molar-refractivity contribution in [2.45, 2.75) is 83.1 Å². The predicted molar refractivity (Wildman–Crippen MR) is 139 cm³/mol. The highest BCUT2D eigenvalue weighted by Crippen LogP contribution is 2.21. The molecule has 1 fully saturated rings. The van der Waals surface area contributed by atoms with Gasteiger partial charge in [-0.05, 0) is 20.8 Å². The molecule has 1 saturated heterocycles. The zero-order valence-electron chi connectivity index (χ0n) is 23.8. The molecule has 0 aromatic carbocycles. The van der Waals surface area contributed by atoms with Gasteiger partial charge in [0.1, 0.15) is 30.0 Å². The summed E-state index contributed by atoms with van der Waals surface area (Å²) in [4.78, 5) is 60.3. The number of esters is 1. The number of aliphatic hydroxyl groups excluding tert-OH is 3. The molecule has 7 N–H and O–H groups in total. The van der Waals surface area contributed by atoms with Crippen LogP contribution in [0.1, 0.15) is 47.0 Å². The molecule has 236 valence electrons. The molecule has 5 unspecified atom stereocenters. The summed E-state index contributed by atoms with van der Waals surface area (Å²) in [5.74, 6) is -4.86. The molecule has 0 aromatic heterocycles. The minimum Gasteiger partial charge on any atom is -0.481 e. The Labute approximate surface area is 238 Å². The lowest BCUT2D eigenvalue weighted by Crippen LogP contribution is -2.68. The molecule has 0 bridgehead atoms. The van der Waals surface area contributed by atoms with Crippen LogP contribution in [0, 0.1) is 5.92 Å². The molecule has 6 atom stereocenters. The fraction of sp³-hybridized carbons (Fsp3) is 0.800. The van der Waals surface area contributed by atoms with Crippen LogP contribution in [0.5, 0.6) is 0 Å². The number of carbonyl (C=O) groups is 5. The molecular weight excluding hydrogens is 550 g/mol. The van der Waals surface area contributed by atoms with E-state index >= 15 is 0 Å². The number of ether oxygens (including phenoxy) is 4. The highest BCUT2D eigenvalue weighted by molar-refractivity contribution is 5.89. The molecule has 3 amide bonds. The molecule has 16 heteroatoms. The number of nitrogens with one attached hydrogen (secondary N) is 3. The van der Waals surface area contributed by atoms with Crippen molar-refractivity contribution in [1.82, 2.24) is 16.0 Å². The topological polar surface area (TPSA) is 239 Å². The van der Waals surface area contributed by atoms with Crippen molar-refractivity contribution in [3.05, 3.63) is 0 Å². The van der Waals surface area contributed by atoms with E-state index in [0.717, 1.165) is 6.92 Å². The Kier molecular flexibility index (Phi) is 15.7. The third-order valence-electron chi connectivity index (χ3n) is 5.61. The molecule has 0 saturated carbocycles. The molecule has 1 aliphatic rings. The fourth-order valence-electron chi connectivity index (χ4n) is 3.79. The lowest BCUT2D eigenvalue weighted by molar-refractivity contribution is -0.203. The maximum absolute atomic E-state index is 12.9. The van der Waals surface area contributed by atoms with Crippen molar-refractivity contribution >= 4 is 29.7 Å². The van der Waals surface area contributed by atoms with E-state index in [2.05, 4.69) is 16.0 Å². The van der Waals surface area contributed by atoms with Crippen LogP contribution in [0.3, 0.4) is 0 Å². The summed E-state index contributed by atoms with van der Waals surface area (Å²) < 4.78 is 21.2. The van der Waals surface area contributed by atoms with E-state index in [0.29, 0.717) is 0 Å². The van der Waals surface area contributed by atoms with Crippen molar-refractivity contribution in [3.8, 4) is 0 Å². The predicted octanol–water partition coefficient (Wildman–Crippen LogP) is -2.59. The largest absolute Gasteiger partial charge is 0.481 e. The quantitative estimate of drug-likeness (QED) is 0.0677. The standard InChI is InChI=1S/C25H43N3O13/c1-14(30)27-20-22(36)21(35)16(13-29)40-24(20)28-17(31)11-15(12-19(34)41-25(2,3)4)23(37)26-6-8-39-10-9-38-7-5-18(32)33/h15-16,20-22,24,29,35-36H,5-13H2,1-4H3,(H,26,37)(H,27,30)(H,28,31)(H,32,33)/t15-,16?,20?,21?,22?,24?/m1/s1. The molecule has 1 aliphatic heterocycles. The Bertz CT molecular complexity index is 879. The molecule has 0 aliphatic carbocycles. The van der Waals surface area contributed by atoms with Gasteiger partial charge in [-0.2, -0.15) is 0 Å². The Morgan fingerprint density at radius 1 is 0.927 bits per heavy atom. The summed E-state index contributed by atoms with van der Waals surface area (Å²) in [6.45, 7) is 5.90. The third kappa shape index (κ3) is 14.5. The van der Waals surface area contributed by atoms with E-state index in [-0.39, 0.29) is 39.4 Å². The molecule has 1 rings (SSSR count). The van der Waals surface area contributed by atoms with Crippen LogP contribution < -0.4 is 16.0 Å². The molecule has 0 spiro atoms. The average molecular weight is 594 g/mol. The normalized spacial score (nSPS) is 23.2. The average Bonchev–Trinajstić information content (AvgIpc) is 2.85. The molecule has 1 heterocycles. The van der Waals surface area contributed by atoms with E-state index in [4.69, 9.17) is 24.1 Å². The zero-order chi connectivity index (χ0) is 31.2. The number of carboxylic acids is 1. The number of aliphatic hydroxyl groups is 3. The van der Waals surface area contributed by atoms with Gasteiger partial charge in [-0.3, -0.25) is 24.0 Å². The van der Waals surface area contributed by atoms with Crippen LogP contribution in [-0.2, 0) is 42.9 Å². The highest BCUT2D eigenvalue weighted by atomic mass is 16.6. The first-order valence-electron chi connectivity index (χ1n) is 13.2. The number of carbonyl (C=O) groups excluding carboxylic acids is 4. The van der Waals surface area contributed by atoms with E-state index in [1.165, 1.54) is 0 Å². The zero-order valence-corrected chi connectivity index (χ0v) is 23.8. The minimum absolute atomic E-state index is 0.0407. The first-order valence-corrected chi connectivity index (χ1v) is 13.2. The minimum atomic E-state index is -1.58. The Morgan fingerprint density at radius 3 is 2.12 bits per heavy atom. The summed E-state index contributed by atoms with van der Waals surface area (Å²) in [5.41, 5.74) is -0.835. The molecule has 0 radical (unpaired) electrons. The van der Waals surface area contributed by atoms with Crippen molar-refractivity contribution in [2.75, 3.05) is 39.6 Å². The van der Waals surface area contributed by atoms with Crippen molar-refractivity contribution in [2.24, 2.45) is 5.92 Å². The van der Waals surface area contributed by atoms with Gasteiger partial charge in [0, 0.05) is 19.9 Å². The third-order valence-corrected chi connectivity index (χ3v) is 5.61. The van der Waals surface area contributed by atoms with Crippen LogP contribution in [0.4, 0.5) is 0 Å². The Hall–Kier alpha value is -2.89. The molecule has 16 nitrogen and oxygen atoms in total. The van der Waals surface area contributed by atoms with Gasteiger partial charge in [0.15, 0.2) is 6.23 Å². The second kappa shape index (κ2) is 17.8. The number of hydrogen-bond donors (Lipinski definition) is 7. The summed E-state index contributed by atoms with van der Waals surface area (Å²) in [6.07, 6.45) is -6.82. The van der Waals surface area contributed by atoms with Crippen LogP contribution in [0.15, 0.2) is 0 Å². The maximum Gasteiger partial charge on any atom is 0.307 e. The van der Waals surface area contributed by atoms with Gasteiger partial charge < -0.3 is 55.3 Å². The second-order valence-electron chi connectivity index (χ2n) is 10.4. The van der Waals surface area contributed by atoms with Gasteiger partial charge in [0.2, 0.25) is 17.7 Å². The molecule has 0 aromatic rings. The van der Waals surface area contributed by atoms with E-state index in [9.17, 15) is 39.3 Å². The monoisotopic (exact) mass is 593 g/mol. The molecule has 41 heavy (non-hydrogen) atoms. The van der Waals surface area contributed by atoms with Gasteiger partial charge in [-0.1, -0.05) is 0 Å². The smallest absolute Gasteiger partial charge is 0.307 e. The van der Waals surface area contributed by atoms with Crippen LogP contribution >= 0.6 is 0 Å². The van der Waals surface area contributed by atoms with Crippen LogP contribution in [0.2, 0.25) is 0 Å². The summed E-state index contributed by atoms with van der Waals surface area (Å²) in [6, 6.07) is -1.27. The first-order chi connectivity index (χ1) is 19.1. The van der Waals surface area contributed by atoms with Gasteiger partial charge in [0.05, 0.1) is 51.8 Å². The van der Waals surface area contributed by atoms with Gasteiger partial charge in [-0.15, -0.1) is 0 Å². The second-order valence-corrected chi connectivity index (χ2v) is 10.4. The number of hydrogen-bond acceptors (Lipinski definition) is 12. The highest BCUT2D eigenvalue weighted by Gasteiger charge is 2.45. The Morgan fingerprint density at radius 2 is 1.56 bits per heavy atom. The number of carboxylic acid groups (broad SMARTS) is 1.